The highest BCUT2D eigenvalue weighted by Gasteiger charge is 2.12. The van der Waals surface area contributed by atoms with Crippen LogP contribution in [0.1, 0.15) is 18.0 Å². The normalized spacial score (nSPS) is 12.3. The molecule has 0 aliphatic carbocycles. The number of benzene rings is 1. The summed E-state index contributed by atoms with van der Waals surface area (Å²) in [5.41, 5.74) is 6.75. The van der Waals surface area contributed by atoms with Gasteiger partial charge in [0.05, 0.1) is 13.5 Å². The molecule has 3 nitrogen and oxygen atoms in total. The molecule has 5 heteroatoms. The van der Waals surface area contributed by atoms with Gasteiger partial charge >= 0.3 is 5.97 Å². The molecule has 0 aromatic heterocycles. The van der Waals surface area contributed by atoms with Gasteiger partial charge in [-0.05, 0) is 49.6 Å². The van der Waals surface area contributed by atoms with Gasteiger partial charge in [0.1, 0.15) is 0 Å². The second kappa shape index (κ2) is 5.63. The van der Waals surface area contributed by atoms with E-state index >= 15 is 0 Å². The molecule has 1 rings (SSSR count). The molecule has 1 aromatic rings. The standard InChI is InChI=1S/C10H11Br2NO2/c1-15-10(14)5-9(13)6-2-3-7(11)8(12)4-6/h2-4,9H,5,13H2,1H3/t9-/m1/s1. The molecular weight excluding hydrogens is 326 g/mol. The van der Waals surface area contributed by atoms with Crippen molar-refractivity contribution in [3.63, 3.8) is 0 Å². The number of nitrogens with two attached hydrogens (primary N) is 1. The molecule has 0 heterocycles. The van der Waals surface area contributed by atoms with E-state index in [1.807, 2.05) is 18.2 Å². The van der Waals surface area contributed by atoms with Crippen LogP contribution < -0.4 is 5.73 Å². The molecule has 0 bridgehead atoms. The summed E-state index contributed by atoms with van der Waals surface area (Å²) < 4.78 is 6.43. The van der Waals surface area contributed by atoms with E-state index in [9.17, 15) is 4.79 Å². The van der Waals surface area contributed by atoms with Crippen LogP contribution >= 0.6 is 31.9 Å². The lowest BCUT2D eigenvalue weighted by Crippen LogP contribution is -2.16. The predicted molar refractivity (Wildman–Crippen MR) is 65.4 cm³/mol. The fourth-order valence-electron chi connectivity index (χ4n) is 1.12. The highest BCUT2D eigenvalue weighted by atomic mass is 79.9. The van der Waals surface area contributed by atoms with Gasteiger partial charge in [-0.15, -0.1) is 0 Å². The molecule has 15 heavy (non-hydrogen) atoms. The van der Waals surface area contributed by atoms with Crippen LogP contribution in [0.5, 0.6) is 0 Å². The largest absolute Gasteiger partial charge is 0.469 e. The Bertz CT molecular complexity index is 368. The number of hydrogen-bond donors (Lipinski definition) is 1. The second-order valence-corrected chi connectivity index (χ2v) is 4.77. The fourth-order valence-corrected chi connectivity index (χ4v) is 1.77. The van der Waals surface area contributed by atoms with Gasteiger partial charge in [0.2, 0.25) is 0 Å². The van der Waals surface area contributed by atoms with Crippen LogP contribution in [0.4, 0.5) is 0 Å². The van der Waals surface area contributed by atoms with Crippen LogP contribution in [0.3, 0.4) is 0 Å². The maximum atomic E-state index is 11.0. The van der Waals surface area contributed by atoms with Gasteiger partial charge in [-0.2, -0.15) is 0 Å². The van der Waals surface area contributed by atoms with Crippen molar-refractivity contribution >= 4 is 37.8 Å². The number of halogens is 2. The molecule has 0 aliphatic rings. The molecule has 0 amide bonds. The number of hydrogen-bond acceptors (Lipinski definition) is 3. The first-order valence-corrected chi connectivity index (χ1v) is 5.90. The Labute approximate surface area is 105 Å². The van der Waals surface area contributed by atoms with Gasteiger partial charge < -0.3 is 10.5 Å². The van der Waals surface area contributed by atoms with E-state index in [4.69, 9.17) is 5.73 Å². The van der Waals surface area contributed by atoms with Crippen LogP contribution in [-0.4, -0.2) is 13.1 Å². The average molecular weight is 337 g/mol. The van der Waals surface area contributed by atoms with Gasteiger partial charge in [-0.3, -0.25) is 4.79 Å². The molecule has 0 unspecified atom stereocenters. The minimum absolute atomic E-state index is 0.185. The first-order valence-electron chi connectivity index (χ1n) is 4.32. The summed E-state index contributed by atoms with van der Waals surface area (Å²) >= 11 is 6.74. The van der Waals surface area contributed by atoms with Crippen LogP contribution in [0, 0.1) is 0 Å². The van der Waals surface area contributed by atoms with Crippen molar-refractivity contribution in [3.05, 3.63) is 32.7 Å². The van der Waals surface area contributed by atoms with Crippen molar-refractivity contribution in [2.45, 2.75) is 12.5 Å². The zero-order valence-corrected chi connectivity index (χ0v) is 11.3. The predicted octanol–water partition coefficient (Wildman–Crippen LogP) is 2.77. The molecule has 0 spiro atoms. The molecule has 2 N–H and O–H groups in total. The van der Waals surface area contributed by atoms with Crippen molar-refractivity contribution < 1.29 is 9.53 Å². The smallest absolute Gasteiger partial charge is 0.307 e. The Hall–Kier alpha value is -0.390. The number of ether oxygens (including phenoxy) is 1. The summed E-state index contributed by atoms with van der Waals surface area (Å²) in [4.78, 5) is 11.0. The highest BCUT2D eigenvalue weighted by molar-refractivity contribution is 9.13. The first-order chi connectivity index (χ1) is 7.04. The van der Waals surface area contributed by atoms with Crippen molar-refractivity contribution in [1.82, 2.24) is 0 Å². The molecule has 1 aromatic carbocycles. The zero-order valence-electron chi connectivity index (χ0n) is 8.17. The van der Waals surface area contributed by atoms with Gasteiger partial charge in [0, 0.05) is 15.0 Å². The van der Waals surface area contributed by atoms with Crippen LogP contribution in [-0.2, 0) is 9.53 Å². The molecule has 0 fully saturated rings. The van der Waals surface area contributed by atoms with Crippen LogP contribution in [0.2, 0.25) is 0 Å². The van der Waals surface area contributed by atoms with Crippen LogP contribution in [0.25, 0.3) is 0 Å². The third-order valence-corrected chi connectivity index (χ3v) is 3.87. The lowest BCUT2D eigenvalue weighted by Gasteiger charge is -2.11. The maximum absolute atomic E-state index is 11.0. The average Bonchev–Trinajstić information content (AvgIpc) is 2.21. The van der Waals surface area contributed by atoms with Crippen LogP contribution in [0.15, 0.2) is 27.1 Å². The highest BCUT2D eigenvalue weighted by Crippen LogP contribution is 2.26. The van der Waals surface area contributed by atoms with Crippen molar-refractivity contribution in [3.8, 4) is 0 Å². The molecule has 0 radical (unpaired) electrons. The molecule has 0 aliphatic heterocycles. The van der Waals surface area contributed by atoms with E-state index < -0.39 is 0 Å². The summed E-state index contributed by atoms with van der Waals surface area (Å²) in [6, 6.07) is 5.32. The van der Waals surface area contributed by atoms with E-state index in [1.54, 1.807) is 0 Å². The Morgan fingerprint density at radius 2 is 2.13 bits per heavy atom. The Morgan fingerprint density at radius 3 is 2.67 bits per heavy atom. The minimum atomic E-state index is -0.332. The van der Waals surface area contributed by atoms with Gasteiger partial charge in [0.15, 0.2) is 0 Å². The van der Waals surface area contributed by atoms with E-state index in [1.165, 1.54) is 7.11 Å². The summed E-state index contributed by atoms with van der Waals surface area (Å²) in [5, 5.41) is 0. The number of carbonyl (C=O) groups excluding carboxylic acids is 1. The summed E-state index contributed by atoms with van der Waals surface area (Å²) in [6.07, 6.45) is 0.185. The molecule has 0 saturated heterocycles. The summed E-state index contributed by atoms with van der Waals surface area (Å²) in [7, 11) is 1.35. The lowest BCUT2D eigenvalue weighted by molar-refractivity contribution is -0.141. The third kappa shape index (κ3) is 3.59. The van der Waals surface area contributed by atoms with E-state index in [2.05, 4.69) is 36.6 Å². The third-order valence-electron chi connectivity index (χ3n) is 1.99. The monoisotopic (exact) mass is 335 g/mol. The van der Waals surface area contributed by atoms with Gasteiger partial charge in [-0.25, -0.2) is 0 Å². The van der Waals surface area contributed by atoms with E-state index in [-0.39, 0.29) is 18.4 Å². The Balaban J connectivity index is 2.78. The fraction of sp³-hybridized carbons (Fsp3) is 0.300. The van der Waals surface area contributed by atoms with Gasteiger partial charge in [-0.1, -0.05) is 6.07 Å². The van der Waals surface area contributed by atoms with Crippen molar-refractivity contribution in [2.24, 2.45) is 5.73 Å². The zero-order chi connectivity index (χ0) is 11.4. The quantitative estimate of drug-likeness (QED) is 0.863. The van der Waals surface area contributed by atoms with E-state index in [0.717, 1.165) is 14.5 Å². The SMILES string of the molecule is COC(=O)C[C@@H](N)c1ccc(Br)c(Br)c1. The maximum Gasteiger partial charge on any atom is 0.307 e. The first kappa shape index (κ1) is 12.7. The lowest BCUT2D eigenvalue weighted by atomic mass is 10.1. The Morgan fingerprint density at radius 1 is 1.47 bits per heavy atom. The Kier molecular flexibility index (Phi) is 4.76. The second-order valence-electron chi connectivity index (χ2n) is 3.06. The molecule has 0 saturated carbocycles. The van der Waals surface area contributed by atoms with Crippen molar-refractivity contribution in [1.29, 1.82) is 0 Å². The minimum Gasteiger partial charge on any atom is -0.469 e. The van der Waals surface area contributed by atoms with Gasteiger partial charge in [0.25, 0.3) is 0 Å². The molecule has 82 valence electrons. The molecular formula is C10H11Br2NO2. The topological polar surface area (TPSA) is 52.3 Å². The number of methoxy groups -OCH3 is 1. The number of carbonyl (C=O) groups is 1. The molecule has 1 atom stereocenters. The number of esters is 1. The summed E-state index contributed by atoms with van der Waals surface area (Å²) in [5.74, 6) is -0.304. The van der Waals surface area contributed by atoms with Crippen molar-refractivity contribution in [2.75, 3.05) is 7.11 Å². The number of rotatable bonds is 3. The summed E-state index contributed by atoms with van der Waals surface area (Å²) in [6.45, 7) is 0. The van der Waals surface area contributed by atoms with E-state index in [0.29, 0.717) is 0 Å².